The fourth-order valence-corrected chi connectivity index (χ4v) is 2.44. The molecule has 0 spiro atoms. The molecule has 0 N–H and O–H groups in total. The largest absolute Gasteiger partial charge is 0.226 e. The molecule has 16 heavy (non-hydrogen) atoms. The first-order valence-electron chi connectivity index (χ1n) is 4.89. The first-order chi connectivity index (χ1) is 7.63. The Bertz CT molecular complexity index is 477. The predicted molar refractivity (Wildman–Crippen MR) is 67.1 cm³/mol. The molecular formula is C12H11ClN2S. The Kier molecular flexibility index (Phi) is 3.46. The van der Waals surface area contributed by atoms with E-state index in [-0.39, 0.29) is 0 Å². The van der Waals surface area contributed by atoms with E-state index in [0.717, 1.165) is 9.92 Å². The Balaban J connectivity index is 2.23. The molecule has 0 aliphatic heterocycles. The number of hydrogen-bond donors (Lipinski definition) is 0. The molecule has 4 heteroatoms. The van der Waals surface area contributed by atoms with Crippen LogP contribution >= 0.6 is 23.4 Å². The van der Waals surface area contributed by atoms with Gasteiger partial charge in [-0.1, -0.05) is 41.1 Å². The van der Waals surface area contributed by atoms with Crippen LogP contribution in [0.25, 0.3) is 0 Å². The number of nitrogens with zero attached hydrogens (tertiary/aromatic N) is 2. The molecule has 0 aliphatic carbocycles. The molecule has 0 bridgehead atoms. The van der Waals surface area contributed by atoms with Crippen LogP contribution in [0.4, 0.5) is 0 Å². The zero-order valence-electron chi connectivity index (χ0n) is 9.07. The number of benzene rings is 1. The molecule has 0 aliphatic rings. The maximum Gasteiger partial charge on any atom is 0.133 e. The number of halogens is 1. The lowest BCUT2D eigenvalue weighted by atomic mass is 10.2. The standard InChI is InChI=1S/C12H11ClN2S/c1-8-3-5-10(6-4-8)16-12-7-11(13)14-9(2)15-12/h3-7H,1-2H3. The molecule has 1 aromatic heterocycles. The van der Waals surface area contributed by atoms with Gasteiger partial charge in [0.2, 0.25) is 0 Å². The minimum absolute atomic E-state index is 0.488. The second-order valence-corrected chi connectivity index (χ2v) is 4.97. The molecule has 0 fully saturated rings. The Hall–Kier alpha value is -1.06. The van der Waals surface area contributed by atoms with Gasteiger partial charge >= 0.3 is 0 Å². The normalized spacial score (nSPS) is 10.4. The minimum atomic E-state index is 0.488. The van der Waals surface area contributed by atoms with Crippen LogP contribution in [-0.4, -0.2) is 9.97 Å². The molecular weight excluding hydrogens is 240 g/mol. The van der Waals surface area contributed by atoms with Gasteiger partial charge in [0.25, 0.3) is 0 Å². The summed E-state index contributed by atoms with van der Waals surface area (Å²) in [6.45, 7) is 3.91. The van der Waals surface area contributed by atoms with E-state index < -0.39 is 0 Å². The van der Waals surface area contributed by atoms with Gasteiger partial charge in [0.05, 0.1) is 0 Å². The van der Waals surface area contributed by atoms with E-state index in [1.165, 1.54) is 5.56 Å². The molecule has 1 heterocycles. The summed E-state index contributed by atoms with van der Waals surface area (Å²) in [5.74, 6) is 0.696. The van der Waals surface area contributed by atoms with Crippen LogP contribution in [0.2, 0.25) is 5.15 Å². The Morgan fingerprint density at radius 3 is 2.38 bits per heavy atom. The molecule has 0 saturated carbocycles. The van der Waals surface area contributed by atoms with Crippen molar-refractivity contribution in [3.8, 4) is 0 Å². The number of aromatic nitrogens is 2. The third-order valence-electron chi connectivity index (χ3n) is 2.03. The molecule has 1 aromatic carbocycles. The molecule has 2 aromatic rings. The van der Waals surface area contributed by atoms with Crippen LogP contribution in [0, 0.1) is 13.8 Å². The zero-order chi connectivity index (χ0) is 11.5. The second kappa shape index (κ2) is 4.85. The van der Waals surface area contributed by atoms with Crippen LogP contribution in [0.15, 0.2) is 40.3 Å². The van der Waals surface area contributed by atoms with Crippen molar-refractivity contribution in [2.75, 3.05) is 0 Å². The molecule has 0 saturated heterocycles. The van der Waals surface area contributed by atoms with E-state index in [2.05, 4.69) is 41.2 Å². The molecule has 2 rings (SSSR count). The van der Waals surface area contributed by atoms with Crippen LogP contribution in [0.5, 0.6) is 0 Å². The van der Waals surface area contributed by atoms with Crippen molar-refractivity contribution in [2.24, 2.45) is 0 Å². The minimum Gasteiger partial charge on any atom is -0.226 e. The highest BCUT2D eigenvalue weighted by molar-refractivity contribution is 7.99. The van der Waals surface area contributed by atoms with Gasteiger partial charge < -0.3 is 0 Å². The number of rotatable bonds is 2. The third kappa shape index (κ3) is 2.97. The van der Waals surface area contributed by atoms with Gasteiger partial charge in [-0.15, -0.1) is 0 Å². The van der Waals surface area contributed by atoms with Crippen molar-refractivity contribution in [1.29, 1.82) is 0 Å². The third-order valence-corrected chi connectivity index (χ3v) is 3.15. The Labute approximate surface area is 104 Å². The van der Waals surface area contributed by atoms with Crippen molar-refractivity contribution in [3.63, 3.8) is 0 Å². The Morgan fingerprint density at radius 1 is 1.06 bits per heavy atom. The van der Waals surface area contributed by atoms with E-state index in [0.29, 0.717) is 11.0 Å². The van der Waals surface area contributed by atoms with E-state index in [1.807, 2.05) is 6.92 Å². The van der Waals surface area contributed by atoms with E-state index in [1.54, 1.807) is 17.8 Å². The van der Waals surface area contributed by atoms with Crippen molar-refractivity contribution in [2.45, 2.75) is 23.8 Å². The summed E-state index contributed by atoms with van der Waals surface area (Å²) in [5.41, 5.74) is 1.25. The van der Waals surface area contributed by atoms with Gasteiger partial charge in [-0.25, -0.2) is 9.97 Å². The summed E-state index contributed by atoms with van der Waals surface area (Å²) >= 11 is 7.47. The molecule has 0 radical (unpaired) electrons. The smallest absolute Gasteiger partial charge is 0.133 e. The van der Waals surface area contributed by atoms with Crippen LogP contribution < -0.4 is 0 Å². The second-order valence-electron chi connectivity index (χ2n) is 3.49. The van der Waals surface area contributed by atoms with Gasteiger partial charge in [-0.3, -0.25) is 0 Å². The molecule has 0 unspecified atom stereocenters. The van der Waals surface area contributed by atoms with Crippen molar-refractivity contribution >= 4 is 23.4 Å². The van der Waals surface area contributed by atoms with Crippen molar-refractivity contribution in [3.05, 3.63) is 46.9 Å². The fraction of sp³-hybridized carbons (Fsp3) is 0.167. The molecule has 0 atom stereocenters. The first-order valence-corrected chi connectivity index (χ1v) is 6.08. The van der Waals surface area contributed by atoms with Gasteiger partial charge in [0.1, 0.15) is 16.0 Å². The van der Waals surface area contributed by atoms with Gasteiger partial charge in [0.15, 0.2) is 0 Å². The van der Waals surface area contributed by atoms with Crippen LogP contribution in [-0.2, 0) is 0 Å². The summed E-state index contributed by atoms with van der Waals surface area (Å²) in [6.07, 6.45) is 0. The topological polar surface area (TPSA) is 25.8 Å². The van der Waals surface area contributed by atoms with E-state index in [4.69, 9.17) is 11.6 Å². The molecule has 2 nitrogen and oxygen atoms in total. The number of hydrogen-bond acceptors (Lipinski definition) is 3. The van der Waals surface area contributed by atoms with E-state index in [9.17, 15) is 0 Å². The highest BCUT2D eigenvalue weighted by atomic mass is 35.5. The fourth-order valence-electron chi connectivity index (χ4n) is 1.28. The summed E-state index contributed by atoms with van der Waals surface area (Å²) in [4.78, 5) is 9.50. The SMILES string of the molecule is Cc1ccc(Sc2cc(Cl)nc(C)n2)cc1. The maximum atomic E-state index is 5.88. The van der Waals surface area contributed by atoms with Crippen molar-refractivity contribution in [1.82, 2.24) is 9.97 Å². The van der Waals surface area contributed by atoms with Crippen LogP contribution in [0.1, 0.15) is 11.4 Å². The molecule has 82 valence electrons. The first kappa shape index (κ1) is 11.4. The lowest BCUT2D eigenvalue weighted by Crippen LogP contribution is -1.89. The van der Waals surface area contributed by atoms with E-state index >= 15 is 0 Å². The predicted octanol–water partition coefficient (Wildman–Crippen LogP) is 3.90. The number of aryl methyl sites for hydroxylation is 2. The highest BCUT2D eigenvalue weighted by Crippen LogP contribution is 2.27. The lowest BCUT2D eigenvalue weighted by molar-refractivity contribution is 0.968. The van der Waals surface area contributed by atoms with Gasteiger partial charge in [-0.05, 0) is 26.0 Å². The summed E-state index contributed by atoms with van der Waals surface area (Å²) in [7, 11) is 0. The lowest BCUT2D eigenvalue weighted by Gasteiger charge is -2.02. The highest BCUT2D eigenvalue weighted by Gasteiger charge is 2.02. The monoisotopic (exact) mass is 250 g/mol. The maximum absolute atomic E-state index is 5.88. The quantitative estimate of drug-likeness (QED) is 0.756. The Morgan fingerprint density at radius 2 is 1.75 bits per heavy atom. The zero-order valence-corrected chi connectivity index (χ0v) is 10.6. The van der Waals surface area contributed by atoms with Gasteiger partial charge in [0, 0.05) is 11.0 Å². The van der Waals surface area contributed by atoms with Crippen LogP contribution in [0.3, 0.4) is 0 Å². The summed E-state index contributed by atoms with van der Waals surface area (Å²) in [6, 6.07) is 10.1. The summed E-state index contributed by atoms with van der Waals surface area (Å²) in [5, 5.41) is 1.36. The van der Waals surface area contributed by atoms with Gasteiger partial charge in [-0.2, -0.15) is 0 Å². The summed E-state index contributed by atoms with van der Waals surface area (Å²) < 4.78 is 0. The molecule has 0 amide bonds. The van der Waals surface area contributed by atoms with Crippen molar-refractivity contribution < 1.29 is 0 Å². The average Bonchev–Trinajstić information content (AvgIpc) is 2.20. The average molecular weight is 251 g/mol.